The van der Waals surface area contributed by atoms with Crippen LogP contribution in [0.4, 0.5) is 0 Å². The number of benzene rings is 3. The second-order valence-electron chi connectivity index (χ2n) is 9.57. The monoisotopic (exact) mass is 517 g/mol. The van der Waals surface area contributed by atoms with Crippen LogP contribution in [0.25, 0.3) is 10.8 Å². The van der Waals surface area contributed by atoms with Crippen LogP contribution in [0.3, 0.4) is 0 Å². The summed E-state index contributed by atoms with van der Waals surface area (Å²) in [6.07, 6.45) is 11.0. The number of thioether (sulfide) groups is 1. The lowest BCUT2D eigenvalue weighted by molar-refractivity contribution is -0.142. The number of carboxylic acid groups (broad SMARTS) is 1. The highest BCUT2D eigenvalue weighted by atomic mass is 32.2. The quantitative estimate of drug-likeness (QED) is 0.116. The summed E-state index contributed by atoms with van der Waals surface area (Å²) in [5.41, 5.74) is 0.994. The van der Waals surface area contributed by atoms with Gasteiger partial charge in [0.05, 0.1) is 5.92 Å². The van der Waals surface area contributed by atoms with Gasteiger partial charge in [-0.05, 0) is 54.2 Å². The van der Waals surface area contributed by atoms with Crippen molar-refractivity contribution in [3.8, 4) is 0 Å². The number of unbranched alkanes of at least 4 members (excludes halogenated alkanes) is 4. The summed E-state index contributed by atoms with van der Waals surface area (Å²) < 4.78 is 0. The lowest BCUT2D eigenvalue weighted by Crippen LogP contribution is -2.39. The van der Waals surface area contributed by atoms with Crippen LogP contribution >= 0.6 is 11.8 Å². The maximum absolute atomic E-state index is 12.8. The Morgan fingerprint density at radius 2 is 1.68 bits per heavy atom. The maximum atomic E-state index is 12.8. The van der Waals surface area contributed by atoms with Crippen LogP contribution in [0.5, 0.6) is 0 Å². The van der Waals surface area contributed by atoms with Gasteiger partial charge in [-0.15, -0.1) is 11.8 Å². The third-order valence-electron chi connectivity index (χ3n) is 6.47. The Balaban J connectivity index is 1.63. The van der Waals surface area contributed by atoms with E-state index in [-0.39, 0.29) is 11.9 Å². The number of carbonyl (C=O) groups is 2. The molecule has 0 saturated carbocycles. The summed E-state index contributed by atoms with van der Waals surface area (Å²) >= 11 is 1.66. The molecular weight excluding hydrogens is 478 g/mol. The van der Waals surface area contributed by atoms with Crippen molar-refractivity contribution in [1.82, 2.24) is 5.32 Å². The van der Waals surface area contributed by atoms with Crippen molar-refractivity contribution in [3.63, 3.8) is 0 Å². The van der Waals surface area contributed by atoms with Gasteiger partial charge in [0.25, 0.3) is 0 Å². The number of carbonyl (C=O) groups excluding carboxylic acids is 1. The Morgan fingerprint density at radius 3 is 2.43 bits per heavy atom. The van der Waals surface area contributed by atoms with E-state index in [1.54, 1.807) is 11.8 Å². The Labute approximate surface area is 225 Å². The third-order valence-corrected chi connectivity index (χ3v) is 7.63. The summed E-state index contributed by atoms with van der Waals surface area (Å²) in [5.74, 6) is -0.841. The number of fused-ring (bicyclic) bond motifs is 1. The number of aliphatic carboxylic acids is 1. The number of hydrogen-bond acceptors (Lipinski definition) is 3. The van der Waals surface area contributed by atoms with E-state index >= 15 is 0 Å². The summed E-state index contributed by atoms with van der Waals surface area (Å²) in [6, 6.07) is 24.0. The van der Waals surface area contributed by atoms with E-state index in [2.05, 4.69) is 48.6 Å². The number of amides is 1. The number of hydrogen-bond donors (Lipinski definition) is 2. The van der Waals surface area contributed by atoms with E-state index in [9.17, 15) is 14.7 Å². The lowest BCUT2D eigenvalue weighted by Gasteiger charge is -2.22. The van der Waals surface area contributed by atoms with E-state index in [0.29, 0.717) is 25.0 Å². The Kier molecular flexibility index (Phi) is 12.3. The van der Waals surface area contributed by atoms with Crippen molar-refractivity contribution in [1.29, 1.82) is 0 Å². The molecule has 1 amide bonds. The molecule has 4 nitrogen and oxygen atoms in total. The normalized spacial score (nSPS) is 13.0. The average molecular weight is 518 g/mol. The van der Waals surface area contributed by atoms with E-state index in [4.69, 9.17) is 0 Å². The zero-order chi connectivity index (χ0) is 26.3. The molecule has 0 aliphatic rings. The SMILES string of the molecule is CCCCCC/C=C/CC(=O)NC(CSc1ccc2ccccc2c1)CC(Cc1ccccc1)C(=O)O. The molecule has 0 saturated heterocycles. The molecule has 2 N–H and O–H groups in total. The highest BCUT2D eigenvalue weighted by Crippen LogP contribution is 2.26. The van der Waals surface area contributed by atoms with Gasteiger partial charge in [0.15, 0.2) is 0 Å². The topological polar surface area (TPSA) is 66.4 Å². The standard InChI is InChI=1S/C32H39NO3S/c1-2-3-4-5-6-7-11-18-31(34)33-29(22-28(32(35)36)21-25-14-9-8-10-15-25)24-37-30-20-19-26-16-12-13-17-27(26)23-30/h7-17,19-20,23,28-29H,2-6,18,21-22,24H2,1H3,(H,33,34)(H,35,36)/b11-7+. The molecule has 0 bridgehead atoms. The fourth-order valence-electron chi connectivity index (χ4n) is 4.42. The lowest BCUT2D eigenvalue weighted by atomic mass is 9.93. The van der Waals surface area contributed by atoms with Crippen LogP contribution < -0.4 is 5.32 Å². The molecule has 3 aromatic rings. The molecule has 0 radical (unpaired) electrons. The van der Waals surface area contributed by atoms with Crippen LogP contribution in [0.1, 0.15) is 57.4 Å². The van der Waals surface area contributed by atoms with Crippen molar-refractivity contribution in [3.05, 3.63) is 90.5 Å². The molecule has 3 rings (SSSR count). The molecule has 0 aliphatic heterocycles. The van der Waals surface area contributed by atoms with Gasteiger partial charge >= 0.3 is 5.97 Å². The van der Waals surface area contributed by atoms with E-state index in [1.165, 1.54) is 30.0 Å². The van der Waals surface area contributed by atoms with E-state index in [0.717, 1.165) is 23.3 Å². The molecule has 0 fully saturated rings. The molecule has 0 spiro atoms. The van der Waals surface area contributed by atoms with Crippen molar-refractivity contribution in [2.45, 2.75) is 69.2 Å². The fourth-order valence-corrected chi connectivity index (χ4v) is 5.41. The molecular formula is C32H39NO3S. The zero-order valence-corrected chi connectivity index (χ0v) is 22.6. The first-order valence-electron chi connectivity index (χ1n) is 13.4. The van der Waals surface area contributed by atoms with E-state index < -0.39 is 11.9 Å². The third kappa shape index (κ3) is 10.5. The second kappa shape index (κ2) is 15.9. The smallest absolute Gasteiger partial charge is 0.306 e. The number of rotatable bonds is 16. The largest absolute Gasteiger partial charge is 0.481 e. The van der Waals surface area contributed by atoms with Gasteiger partial charge in [-0.25, -0.2) is 0 Å². The molecule has 0 aromatic heterocycles. The predicted molar refractivity (Wildman–Crippen MR) is 155 cm³/mol. The minimum Gasteiger partial charge on any atom is -0.481 e. The van der Waals surface area contributed by atoms with Gasteiger partial charge in [0.2, 0.25) is 5.91 Å². The molecule has 2 atom stereocenters. The number of carboxylic acids is 1. The Hall–Kier alpha value is -3.05. The molecule has 2 unspecified atom stereocenters. The maximum Gasteiger partial charge on any atom is 0.306 e. The van der Waals surface area contributed by atoms with Crippen LogP contribution in [0.2, 0.25) is 0 Å². The molecule has 0 aliphatic carbocycles. The van der Waals surface area contributed by atoms with Crippen molar-refractivity contribution >= 4 is 34.4 Å². The average Bonchev–Trinajstić information content (AvgIpc) is 2.91. The number of allylic oxidation sites excluding steroid dienone is 1. The minimum absolute atomic E-state index is 0.0576. The molecule has 3 aromatic carbocycles. The first-order valence-corrected chi connectivity index (χ1v) is 14.4. The highest BCUT2D eigenvalue weighted by Gasteiger charge is 2.24. The van der Waals surface area contributed by atoms with Gasteiger partial charge in [-0.3, -0.25) is 9.59 Å². The van der Waals surface area contributed by atoms with Crippen LogP contribution in [0, 0.1) is 5.92 Å². The highest BCUT2D eigenvalue weighted by molar-refractivity contribution is 7.99. The zero-order valence-electron chi connectivity index (χ0n) is 21.8. The fraction of sp³-hybridized carbons (Fsp3) is 0.375. The van der Waals surface area contributed by atoms with Gasteiger partial charge in [0.1, 0.15) is 0 Å². The van der Waals surface area contributed by atoms with Crippen LogP contribution in [-0.4, -0.2) is 28.8 Å². The molecule has 37 heavy (non-hydrogen) atoms. The van der Waals surface area contributed by atoms with Gasteiger partial charge in [0, 0.05) is 23.1 Å². The van der Waals surface area contributed by atoms with Crippen molar-refractivity contribution in [2.75, 3.05) is 5.75 Å². The first kappa shape index (κ1) is 28.5. The van der Waals surface area contributed by atoms with Crippen molar-refractivity contribution in [2.24, 2.45) is 5.92 Å². The van der Waals surface area contributed by atoms with Crippen LogP contribution in [0.15, 0.2) is 89.8 Å². The van der Waals surface area contributed by atoms with Gasteiger partial charge in [-0.2, -0.15) is 0 Å². The predicted octanol–water partition coefficient (Wildman–Crippen LogP) is 7.67. The minimum atomic E-state index is -0.828. The Bertz CT molecular complexity index is 1140. The van der Waals surface area contributed by atoms with E-state index in [1.807, 2.05) is 48.5 Å². The summed E-state index contributed by atoms with van der Waals surface area (Å²) in [5, 5.41) is 15.4. The second-order valence-corrected chi connectivity index (χ2v) is 10.7. The first-order chi connectivity index (χ1) is 18.0. The molecule has 5 heteroatoms. The van der Waals surface area contributed by atoms with Gasteiger partial charge < -0.3 is 10.4 Å². The van der Waals surface area contributed by atoms with Crippen molar-refractivity contribution < 1.29 is 14.7 Å². The molecule has 196 valence electrons. The summed E-state index contributed by atoms with van der Waals surface area (Å²) in [6.45, 7) is 2.20. The molecule has 0 heterocycles. The van der Waals surface area contributed by atoms with Gasteiger partial charge in [-0.1, -0.05) is 99.0 Å². The summed E-state index contributed by atoms with van der Waals surface area (Å²) in [7, 11) is 0. The summed E-state index contributed by atoms with van der Waals surface area (Å²) in [4.78, 5) is 26.0. The Morgan fingerprint density at radius 1 is 0.919 bits per heavy atom. The van der Waals surface area contributed by atoms with Crippen LogP contribution in [-0.2, 0) is 16.0 Å². The number of nitrogens with one attached hydrogen (secondary N) is 1.